The first-order valence-corrected chi connectivity index (χ1v) is 13.5. The number of piperazine rings is 1. The van der Waals surface area contributed by atoms with E-state index in [1.165, 1.54) is 6.07 Å². The first-order valence-electron chi connectivity index (χ1n) is 12.1. The molecule has 0 unspecified atom stereocenters. The molecule has 12 heteroatoms. The highest BCUT2D eigenvalue weighted by atomic mass is 32.2. The number of ether oxygens (including phenoxy) is 1. The van der Waals surface area contributed by atoms with E-state index in [1.807, 2.05) is 4.90 Å². The molecule has 210 valence electrons. The second-order valence-electron chi connectivity index (χ2n) is 9.06. The number of rotatable bonds is 8. The lowest BCUT2D eigenvalue weighted by Gasteiger charge is -2.34. The van der Waals surface area contributed by atoms with E-state index in [0.29, 0.717) is 36.8 Å². The second-order valence-corrected chi connectivity index (χ2v) is 11.0. The third-order valence-electron chi connectivity index (χ3n) is 6.44. The minimum Gasteiger partial charge on any atom is -0.367 e. The molecule has 1 atom stereocenters. The molecular formula is C27H26F6N2O3S. The minimum atomic E-state index is -4.66. The molecule has 0 radical (unpaired) electrons. The monoisotopic (exact) mass is 572 g/mol. The Labute approximate surface area is 222 Å². The van der Waals surface area contributed by atoms with Gasteiger partial charge in [0, 0.05) is 32.7 Å². The first-order chi connectivity index (χ1) is 18.4. The summed E-state index contributed by atoms with van der Waals surface area (Å²) in [6, 6.07) is 17.5. The fraction of sp³-hybridized carbons (Fsp3) is 0.333. The molecule has 4 rings (SSSR count). The molecule has 1 heterocycles. The number of sulfonamides is 1. The van der Waals surface area contributed by atoms with Gasteiger partial charge in [-0.05, 0) is 41.5 Å². The number of hydrogen-bond donors (Lipinski definition) is 0. The molecule has 0 aliphatic carbocycles. The summed E-state index contributed by atoms with van der Waals surface area (Å²) in [6.07, 6.45) is -9.89. The maximum Gasteiger partial charge on any atom is 0.416 e. The van der Waals surface area contributed by atoms with Gasteiger partial charge in [-0.25, -0.2) is 8.42 Å². The van der Waals surface area contributed by atoms with Crippen LogP contribution in [-0.2, 0) is 27.1 Å². The van der Waals surface area contributed by atoms with E-state index < -0.39 is 44.5 Å². The van der Waals surface area contributed by atoms with Gasteiger partial charge in [0.25, 0.3) is 0 Å². The Balaban J connectivity index is 1.38. The van der Waals surface area contributed by atoms with Gasteiger partial charge in [-0.3, -0.25) is 4.90 Å². The van der Waals surface area contributed by atoms with Gasteiger partial charge in [0.2, 0.25) is 10.0 Å². The van der Waals surface area contributed by atoms with Gasteiger partial charge in [-0.1, -0.05) is 48.5 Å². The zero-order chi connectivity index (χ0) is 28.3. The first kappa shape index (κ1) is 29.1. The molecule has 0 spiro atoms. The predicted molar refractivity (Wildman–Crippen MR) is 132 cm³/mol. The molecule has 0 N–H and O–H groups in total. The Morgan fingerprint density at radius 3 is 1.90 bits per heavy atom. The Kier molecular flexibility index (Phi) is 8.69. The number of halogens is 6. The lowest BCUT2D eigenvalue weighted by atomic mass is 9.99. The van der Waals surface area contributed by atoms with Crippen molar-refractivity contribution in [3.8, 4) is 0 Å². The number of nitrogens with zero attached hydrogens (tertiary/aromatic N) is 2. The molecule has 3 aromatic rings. The summed E-state index contributed by atoms with van der Waals surface area (Å²) in [7, 11) is -4.11. The van der Waals surface area contributed by atoms with Crippen LogP contribution in [0.15, 0.2) is 83.8 Å². The molecular weight excluding hydrogens is 546 g/mol. The van der Waals surface area contributed by atoms with Crippen molar-refractivity contribution in [3.05, 3.63) is 101 Å². The molecule has 1 aliphatic heterocycles. The van der Waals surface area contributed by atoms with Gasteiger partial charge in [0.15, 0.2) is 0 Å². The zero-order valence-corrected chi connectivity index (χ0v) is 21.4. The van der Waals surface area contributed by atoms with Crippen molar-refractivity contribution < 1.29 is 39.5 Å². The summed E-state index contributed by atoms with van der Waals surface area (Å²) >= 11 is 0. The normalized spacial score (nSPS) is 16.8. The quantitative estimate of drug-likeness (QED) is 0.319. The third-order valence-corrected chi connectivity index (χ3v) is 8.34. The van der Waals surface area contributed by atoms with Crippen molar-refractivity contribution in [2.45, 2.75) is 23.4 Å². The van der Waals surface area contributed by atoms with Crippen LogP contribution < -0.4 is 0 Å². The van der Waals surface area contributed by atoms with Crippen LogP contribution in [0.2, 0.25) is 0 Å². The summed E-state index contributed by atoms with van der Waals surface area (Å²) in [5.41, 5.74) is -0.766. The Morgan fingerprint density at radius 1 is 0.718 bits per heavy atom. The highest BCUT2D eigenvalue weighted by Gasteiger charge is 2.34. The predicted octanol–water partition coefficient (Wildman–Crippen LogP) is 5.84. The van der Waals surface area contributed by atoms with Crippen LogP contribution in [0.1, 0.15) is 28.4 Å². The van der Waals surface area contributed by atoms with Gasteiger partial charge in [0.05, 0.1) is 22.6 Å². The highest BCUT2D eigenvalue weighted by molar-refractivity contribution is 7.89. The fourth-order valence-corrected chi connectivity index (χ4v) is 5.83. The molecule has 3 aromatic carbocycles. The van der Waals surface area contributed by atoms with Crippen LogP contribution in [0.3, 0.4) is 0 Å². The van der Waals surface area contributed by atoms with Gasteiger partial charge >= 0.3 is 12.4 Å². The van der Waals surface area contributed by atoms with E-state index >= 15 is 0 Å². The number of hydrogen-bond acceptors (Lipinski definition) is 4. The number of benzene rings is 3. The van der Waals surface area contributed by atoms with E-state index in [2.05, 4.69) is 0 Å². The number of alkyl halides is 6. The summed E-state index contributed by atoms with van der Waals surface area (Å²) in [4.78, 5) is 1.52. The van der Waals surface area contributed by atoms with Crippen molar-refractivity contribution in [2.24, 2.45) is 0 Å². The van der Waals surface area contributed by atoms with Crippen LogP contribution in [0, 0.1) is 0 Å². The van der Waals surface area contributed by atoms with Gasteiger partial charge < -0.3 is 4.74 Å². The minimum absolute atomic E-state index is 0.0777. The molecule has 0 saturated carbocycles. The topological polar surface area (TPSA) is 49.9 Å². The van der Waals surface area contributed by atoms with Gasteiger partial charge in [-0.15, -0.1) is 0 Å². The summed E-state index contributed by atoms with van der Waals surface area (Å²) in [5.74, 6) is 0. The van der Waals surface area contributed by atoms with E-state index in [0.717, 1.165) is 34.6 Å². The molecule has 0 bridgehead atoms. The van der Waals surface area contributed by atoms with Crippen molar-refractivity contribution in [2.75, 3.05) is 39.3 Å². The van der Waals surface area contributed by atoms with E-state index in [9.17, 15) is 34.8 Å². The molecule has 39 heavy (non-hydrogen) atoms. The van der Waals surface area contributed by atoms with Crippen LogP contribution >= 0.6 is 0 Å². The fourth-order valence-electron chi connectivity index (χ4n) is 4.37. The average Bonchev–Trinajstić information content (AvgIpc) is 2.91. The Bertz CT molecular complexity index is 1360. The van der Waals surface area contributed by atoms with Crippen molar-refractivity contribution >= 4 is 10.0 Å². The van der Waals surface area contributed by atoms with E-state index in [-0.39, 0.29) is 19.7 Å². The lowest BCUT2D eigenvalue weighted by Crippen LogP contribution is -2.49. The largest absolute Gasteiger partial charge is 0.416 e. The molecule has 0 amide bonds. The Hall–Kier alpha value is -2.93. The van der Waals surface area contributed by atoms with Gasteiger partial charge in [0.1, 0.15) is 6.10 Å². The lowest BCUT2D eigenvalue weighted by molar-refractivity contribution is -0.138. The summed E-state index contributed by atoms with van der Waals surface area (Å²) < 4.78 is 112. The zero-order valence-electron chi connectivity index (χ0n) is 20.6. The summed E-state index contributed by atoms with van der Waals surface area (Å²) in [5, 5.41) is 0. The van der Waals surface area contributed by atoms with Crippen LogP contribution in [0.5, 0.6) is 0 Å². The maximum absolute atomic E-state index is 13.3. The van der Waals surface area contributed by atoms with E-state index in [4.69, 9.17) is 4.74 Å². The molecule has 1 saturated heterocycles. The van der Waals surface area contributed by atoms with Crippen LogP contribution in [0.25, 0.3) is 0 Å². The Morgan fingerprint density at radius 2 is 1.28 bits per heavy atom. The van der Waals surface area contributed by atoms with Crippen molar-refractivity contribution in [3.63, 3.8) is 0 Å². The van der Waals surface area contributed by atoms with Crippen LogP contribution in [-0.4, -0.2) is 57.0 Å². The highest BCUT2D eigenvalue weighted by Crippen LogP contribution is 2.34. The second kappa shape index (κ2) is 11.7. The smallest absolute Gasteiger partial charge is 0.367 e. The SMILES string of the molecule is O=S(=O)(c1cccc(C(F)(F)F)c1)N1CCN(CCO[C@@H](c2ccccc2)c2cccc(C(F)(F)F)c2)CC1. The van der Waals surface area contributed by atoms with E-state index in [1.54, 1.807) is 36.4 Å². The molecule has 5 nitrogen and oxygen atoms in total. The van der Waals surface area contributed by atoms with Crippen molar-refractivity contribution in [1.29, 1.82) is 0 Å². The summed E-state index contributed by atoms with van der Waals surface area (Å²) in [6.45, 7) is 1.35. The standard InChI is InChI=1S/C27H26F6N2O3S/c28-26(29,30)22-9-4-8-21(18-22)25(20-6-2-1-3-7-20)38-17-16-34-12-14-35(15-13-34)39(36,37)24-11-5-10-23(19-24)27(31,32)33/h1-11,18-19,25H,12-17H2/t25-/m0/s1. The van der Waals surface area contributed by atoms with Crippen molar-refractivity contribution in [1.82, 2.24) is 9.21 Å². The van der Waals surface area contributed by atoms with Gasteiger partial charge in [-0.2, -0.15) is 30.6 Å². The molecule has 1 aliphatic rings. The van der Waals surface area contributed by atoms with Crippen LogP contribution in [0.4, 0.5) is 26.3 Å². The molecule has 0 aromatic heterocycles. The third kappa shape index (κ3) is 7.18. The maximum atomic E-state index is 13.3. The molecule has 1 fully saturated rings. The average molecular weight is 573 g/mol.